The second kappa shape index (κ2) is 15.4. The number of benzene rings is 1. The number of rotatable bonds is 14. The molecule has 202 valence electrons. The molecule has 1 aromatic heterocycles. The van der Waals surface area contributed by atoms with E-state index < -0.39 is 29.9 Å². The van der Waals surface area contributed by atoms with Gasteiger partial charge in [0.15, 0.2) is 10.8 Å². The van der Waals surface area contributed by atoms with Gasteiger partial charge in [0, 0.05) is 42.5 Å². The predicted octanol–water partition coefficient (Wildman–Crippen LogP) is 1.72. The number of hydrogen-bond donors (Lipinski definition) is 5. The van der Waals surface area contributed by atoms with E-state index in [1.807, 2.05) is 55.1 Å². The number of nitrogens with one attached hydrogen (secondary N) is 2. The average molecular weight is 516 g/mol. The van der Waals surface area contributed by atoms with Crippen molar-refractivity contribution in [1.82, 2.24) is 15.3 Å². The maximum Gasteiger partial charge on any atom is 0.475 e. The summed E-state index contributed by atoms with van der Waals surface area (Å²) in [6, 6.07) is 10.8. The molecule has 37 heavy (non-hydrogen) atoms. The summed E-state index contributed by atoms with van der Waals surface area (Å²) >= 11 is 0. The van der Waals surface area contributed by atoms with Gasteiger partial charge in [-0.25, -0.2) is 15.1 Å². The normalized spacial score (nSPS) is 12.8. The summed E-state index contributed by atoms with van der Waals surface area (Å²) in [6.07, 6.45) is 4.58. The third-order valence-corrected chi connectivity index (χ3v) is 5.51. The SMILES string of the molecule is C.CC(C)C[C@H](NC(=O)[C@H](CCCN=C(N)N[N+](=O)[O-])CC(=O)c1ccc(-n2cccc2)cc1)B(O)O. The Kier molecular flexibility index (Phi) is 13.1. The highest BCUT2D eigenvalue weighted by Crippen LogP contribution is 2.19. The van der Waals surface area contributed by atoms with Crippen molar-refractivity contribution >= 4 is 24.8 Å². The lowest BCUT2D eigenvalue weighted by atomic mass is 9.74. The topological polar surface area (TPSA) is 185 Å². The van der Waals surface area contributed by atoms with Crippen molar-refractivity contribution in [3.63, 3.8) is 0 Å². The van der Waals surface area contributed by atoms with Gasteiger partial charge >= 0.3 is 7.12 Å². The number of nitro groups is 1. The number of guanidine groups is 1. The maximum absolute atomic E-state index is 13.0. The van der Waals surface area contributed by atoms with Crippen molar-refractivity contribution in [2.75, 3.05) is 6.54 Å². The molecule has 2 atom stereocenters. The number of nitrogens with zero attached hydrogens (tertiary/aromatic N) is 3. The first-order chi connectivity index (χ1) is 17.1. The summed E-state index contributed by atoms with van der Waals surface area (Å²) in [4.78, 5) is 40.3. The van der Waals surface area contributed by atoms with Crippen LogP contribution in [0.25, 0.3) is 5.69 Å². The Balaban J connectivity index is 0.00000684. The summed E-state index contributed by atoms with van der Waals surface area (Å²) in [5, 5.41) is 31.6. The van der Waals surface area contributed by atoms with Crippen LogP contribution in [0.3, 0.4) is 0 Å². The van der Waals surface area contributed by atoms with E-state index in [4.69, 9.17) is 5.73 Å². The van der Waals surface area contributed by atoms with Gasteiger partial charge in [-0.15, -0.1) is 0 Å². The fourth-order valence-electron chi connectivity index (χ4n) is 3.72. The molecule has 1 heterocycles. The van der Waals surface area contributed by atoms with Crippen LogP contribution in [0.15, 0.2) is 53.8 Å². The third-order valence-electron chi connectivity index (χ3n) is 5.51. The van der Waals surface area contributed by atoms with Crippen LogP contribution >= 0.6 is 0 Å². The molecular formula is C24H37BN6O6. The minimum absolute atomic E-state index is 0. The summed E-state index contributed by atoms with van der Waals surface area (Å²) < 4.78 is 1.90. The molecule has 12 nitrogen and oxygen atoms in total. The van der Waals surface area contributed by atoms with E-state index in [0.717, 1.165) is 5.69 Å². The molecule has 0 aliphatic rings. The molecule has 13 heteroatoms. The molecule has 0 spiro atoms. The Morgan fingerprint density at radius 3 is 2.35 bits per heavy atom. The Labute approximate surface area is 217 Å². The quantitative estimate of drug-likeness (QED) is 0.0478. The van der Waals surface area contributed by atoms with Crippen LogP contribution in [0, 0.1) is 22.0 Å². The summed E-state index contributed by atoms with van der Waals surface area (Å²) in [6.45, 7) is 3.89. The molecule has 2 aromatic rings. The number of hydrogen-bond acceptors (Lipinski definition) is 7. The van der Waals surface area contributed by atoms with E-state index in [1.165, 1.54) is 0 Å². The van der Waals surface area contributed by atoms with Gasteiger partial charge in [-0.1, -0.05) is 26.7 Å². The number of amides is 1. The van der Waals surface area contributed by atoms with Crippen molar-refractivity contribution in [3.05, 3.63) is 64.5 Å². The monoisotopic (exact) mass is 516 g/mol. The van der Waals surface area contributed by atoms with Crippen LogP contribution in [0.2, 0.25) is 0 Å². The molecule has 0 unspecified atom stereocenters. The van der Waals surface area contributed by atoms with E-state index in [2.05, 4.69) is 10.3 Å². The Morgan fingerprint density at radius 2 is 1.81 bits per heavy atom. The number of nitrogens with two attached hydrogens (primary N) is 1. The molecule has 1 amide bonds. The fourth-order valence-corrected chi connectivity index (χ4v) is 3.72. The van der Waals surface area contributed by atoms with Crippen LogP contribution in [0.1, 0.15) is 57.3 Å². The average Bonchev–Trinajstić information content (AvgIpc) is 3.34. The number of aromatic nitrogens is 1. The molecule has 0 aliphatic heterocycles. The smallest absolute Gasteiger partial charge is 0.426 e. The Bertz CT molecular complexity index is 1030. The number of aliphatic imine (C=N–C) groups is 1. The first-order valence-corrected chi connectivity index (χ1v) is 11.7. The maximum atomic E-state index is 13.0. The highest BCUT2D eigenvalue weighted by Gasteiger charge is 2.30. The van der Waals surface area contributed by atoms with Crippen molar-refractivity contribution in [1.29, 1.82) is 0 Å². The lowest BCUT2D eigenvalue weighted by Gasteiger charge is -2.23. The minimum atomic E-state index is -1.74. The van der Waals surface area contributed by atoms with Gasteiger partial charge in [0.25, 0.3) is 5.96 Å². The zero-order valence-corrected chi connectivity index (χ0v) is 20.4. The van der Waals surface area contributed by atoms with Crippen LogP contribution in [0.5, 0.6) is 0 Å². The van der Waals surface area contributed by atoms with Crippen LogP contribution in [-0.2, 0) is 4.79 Å². The van der Waals surface area contributed by atoms with Crippen molar-refractivity contribution in [2.45, 2.75) is 52.9 Å². The zero-order valence-electron chi connectivity index (χ0n) is 20.4. The molecule has 0 aliphatic carbocycles. The number of hydrazine groups is 1. The highest BCUT2D eigenvalue weighted by atomic mass is 16.7. The molecule has 0 saturated carbocycles. The lowest BCUT2D eigenvalue weighted by molar-refractivity contribution is -0.525. The molecule has 0 bridgehead atoms. The number of carbonyl (C=O) groups excluding carboxylic acids is 2. The largest absolute Gasteiger partial charge is 0.475 e. The second-order valence-electron chi connectivity index (χ2n) is 8.90. The standard InChI is InChI=1S/C23H33BN6O6.CH4/c1-16(2)14-21(24(33)34)27-22(32)18(6-5-11-26-23(25)28-30(35)36)15-20(31)17-7-9-19(10-8-17)29-12-3-4-13-29;/h3-4,7-10,12-13,16,18,21,33-34H,5-6,11,14-15H2,1-2H3,(H,27,32)(H3,25,26,28);1H4/t18-,21+;/m1./s1. The van der Waals surface area contributed by atoms with E-state index in [9.17, 15) is 29.8 Å². The Hall–Kier alpha value is -3.71. The fraction of sp³-hybridized carbons (Fsp3) is 0.458. The van der Waals surface area contributed by atoms with E-state index >= 15 is 0 Å². The zero-order chi connectivity index (χ0) is 26.7. The molecular weight excluding hydrogens is 479 g/mol. The van der Waals surface area contributed by atoms with Crippen molar-refractivity contribution in [3.8, 4) is 5.69 Å². The van der Waals surface area contributed by atoms with Gasteiger partial charge in [0.05, 0.1) is 5.94 Å². The molecule has 6 N–H and O–H groups in total. The molecule has 1 aromatic carbocycles. The number of carbonyl (C=O) groups is 2. The van der Waals surface area contributed by atoms with Crippen LogP contribution in [-0.4, -0.2) is 56.9 Å². The van der Waals surface area contributed by atoms with E-state index in [1.54, 1.807) is 17.6 Å². The second-order valence-corrected chi connectivity index (χ2v) is 8.90. The summed E-state index contributed by atoms with van der Waals surface area (Å²) in [5.41, 5.74) is 8.48. The number of Topliss-reactive ketones (excluding diaryl/α,β-unsaturated/α-hetero) is 1. The van der Waals surface area contributed by atoms with Gasteiger partial charge < -0.3 is 25.7 Å². The Morgan fingerprint density at radius 1 is 1.19 bits per heavy atom. The van der Waals surface area contributed by atoms with Crippen LogP contribution < -0.4 is 16.5 Å². The van der Waals surface area contributed by atoms with Gasteiger partial charge in [0.2, 0.25) is 5.91 Å². The first-order valence-electron chi connectivity index (χ1n) is 11.7. The van der Waals surface area contributed by atoms with Crippen molar-refractivity contribution in [2.24, 2.45) is 22.6 Å². The molecule has 0 saturated heterocycles. The summed E-state index contributed by atoms with van der Waals surface area (Å²) in [7, 11) is -1.74. The van der Waals surface area contributed by atoms with Gasteiger partial charge in [-0.2, -0.15) is 0 Å². The third kappa shape index (κ3) is 10.8. The molecule has 0 fully saturated rings. The van der Waals surface area contributed by atoms with Gasteiger partial charge in [-0.05, 0) is 61.6 Å². The van der Waals surface area contributed by atoms with Crippen LogP contribution in [0.4, 0.5) is 0 Å². The highest BCUT2D eigenvalue weighted by molar-refractivity contribution is 6.43. The minimum Gasteiger partial charge on any atom is -0.426 e. The van der Waals surface area contributed by atoms with E-state index in [0.29, 0.717) is 18.4 Å². The first kappa shape index (κ1) is 31.3. The lowest BCUT2D eigenvalue weighted by Crippen LogP contribution is -2.49. The van der Waals surface area contributed by atoms with Gasteiger partial charge in [0.1, 0.15) is 0 Å². The molecule has 2 rings (SSSR count). The van der Waals surface area contributed by atoms with E-state index in [-0.39, 0.29) is 44.5 Å². The molecule has 0 radical (unpaired) electrons. The summed E-state index contributed by atoms with van der Waals surface area (Å²) in [5.74, 6) is -2.63. The number of ketones is 1. The van der Waals surface area contributed by atoms with Crippen molar-refractivity contribution < 1.29 is 24.7 Å². The van der Waals surface area contributed by atoms with Gasteiger partial charge in [-0.3, -0.25) is 9.59 Å². The predicted molar refractivity (Wildman–Crippen MR) is 142 cm³/mol.